The molecule has 2 heteroatoms. The van der Waals surface area contributed by atoms with E-state index in [4.69, 9.17) is 5.73 Å². The van der Waals surface area contributed by atoms with Gasteiger partial charge >= 0.3 is 0 Å². The van der Waals surface area contributed by atoms with E-state index in [9.17, 15) is 4.39 Å². The maximum atomic E-state index is 14.0. The van der Waals surface area contributed by atoms with Crippen molar-refractivity contribution in [3.8, 4) is 0 Å². The van der Waals surface area contributed by atoms with E-state index in [2.05, 4.69) is 0 Å². The number of hydrogen-bond acceptors (Lipinski definition) is 1. The largest absolute Gasteiger partial charge is 0.328 e. The van der Waals surface area contributed by atoms with E-state index in [-0.39, 0.29) is 6.54 Å². The summed E-state index contributed by atoms with van der Waals surface area (Å²) in [6.45, 7) is 0.252. The Hall–Kier alpha value is -0.110. The minimum atomic E-state index is -0.974. The molecular formula is C9H16FN. The number of rotatable bonds is 3. The average molecular weight is 157 g/mol. The van der Waals surface area contributed by atoms with Gasteiger partial charge < -0.3 is 5.73 Å². The highest BCUT2D eigenvalue weighted by Gasteiger charge is 2.51. The summed E-state index contributed by atoms with van der Waals surface area (Å²) in [5.74, 6) is 0.623. The van der Waals surface area contributed by atoms with Crippen LogP contribution in [-0.4, -0.2) is 12.2 Å². The second-order valence-electron chi connectivity index (χ2n) is 4.03. The van der Waals surface area contributed by atoms with Gasteiger partial charge in [-0.2, -0.15) is 0 Å². The molecule has 1 nitrogen and oxygen atoms in total. The third kappa shape index (κ3) is 1.08. The highest BCUT2D eigenvalue weighted by Crippen LogP contribution is 2.51. The molecular weight excluding hydrogens is 141 g/mol. The summed E-state index contributed by atoms with van der Waals surface area (Å²) >= 11 is 0. The van der Waals surface area contributed by atoms with Gasteiger partial charge in [0.1, 0.15) is 5.67 Å². The Bertz CT molecular complexity index is 152. The number of nitrogens with two attached hydrogens (primary N) is 1. The maximum absolute atomic E-state index is 14.0. The first-order valence-corrected chi connectivity index (χ1v) is 4.66. The fraction of sp³-hybridized carbons (Fsp3) is 1.00. The van der Waals surface area contributed by atoms with Crippen molar-refractivity contribution < 1.29 is 4.39 Å². The quantitative estimate of drug-likeness (QED) is 0.665. The van der Waals surface area contributed by atoms with Gasteiger partial charge in [0.05, 0.1) is 0 Å². The van der Waals surface area contributed by atoms with Crippen molar-refractivity contribution in [3.63, 3.8) is 0 Å². The maximum Gasteiger partial charge on any atom is 0.128 e. The second-order valence-corrected chi connectivity index (χ2v) is 4.03. The molecule has 2 N–H and O–H groups in total. The van der Waals surface area contributed by atoms with Crippen LogP contribution in [0.5, 0.6) is 0 Å². The molecule has 1 unspecified atom stereocenters. The van der Waals surface area contributed by atoms with Crippen molar-refractivity contribution in [2.75, 3.05) is 6.54 Å². The van der Waals surface area contributed by atoms with E-state index in [0.717, 1.165) is 25.7 Å². The minimum Gasteiger partial charge on any atom is -0.328 e. The average Bonchev–Trinajstić information content (AvgIpc) is 2.63. The lowest BCUT2D eigenvalue weighted by molar-refractivity contribution is 0.0191. The summed E-state index contributed by atoms with van der Waals surface area (Å²) in [5, 5.41) is 0. The third-order valence-corrected chi connectivity index (χ3v) is 3.35. The number of hydrogen-bond donors (Lipinski definition) is 1. The lowest BCUT2D eigenvalue weighted by Crippen LogP contribution is -2.45. The summed E-state index contributed by atoms with van der Waals surface area (Å²) < 4.78 is 14.0. The Kier molecular flexibility index (Phi) is 1.67. The van der Waals surface area contributed by atoms with Crippen molar-refractivity contribution in [2.24, 2.45) is 17.6 Å². The Morgan fingerprint density at radius 2 is 1.73 bits per heavy atom. The summed E-state index contributed by atoms with van der Waals surface area (Å²) in [6, 6.07) is 0. The third-order valence-electron chi connectivity index (χ3n) is 3.35. The smallest absolute Gasteiger partial charge is 0.128 e. The highest BCUT2D eigenvalue weighted by atomic mass is 19.1. The number of alkyl halides is 1. The van der Waals surface area contributed by atoms with Gasteiger partial charge in [-0.1, -0.05) is 6.42 Å². The van der Waals surface area contributed by atoms with Gasteiger partial charge in [0.25, 0.3) is 0 Å². The minimum absolute atomic E-state index is 0.252. The first-order valence-electron chi connectivity index (χ1n) is 4.66. The molecule has 2 rings (SSSR count). The zero-order valence-corrected chi connectivity index (χ0v) is 6.85. The van der Waals surface area contributed by atoms with Gasteiger partial charge in [-0.05, 0) is 37.5 Å². The summed E-state index contributed by atoms with van der Waals surface area (Å²) in [6.07, 6.45) is 5.51. The molecule has 0 aromatic carbocycles. The van der Waals surface area contributed by atoms with Gasteiger partial charge in [-0.25, -0.2) is 4.39 Å². The first-order chi connectivity index (χ1) is 5.27. The molecule has 0 radical (unpaired) electrons. The van der Waals surface area contributed by atoms with E-state index in [1.807, 2.05) is 0 Å². The van der Waals surface area contributed by atoms with Crippen LogP contribution in [0.1, 0.15) is 32.1 Å². The molecule has 64 valence electrons. The van der Waals surface area contributed by atoms with Gasteiger partial charge in [0.2, 0.25) is 0 Å². The molecule has 2 saturated carbocycles. The van der Waals surface area contributed by atoms with Crippen molar-refractivity contribution in [1.82, 2.24) is 0 Å². The van der Waals surface area contributed by atoms with E-state index < -0.39 is 5.67 Å². The van der Waals surface area contributed by atoms with Crippen LogP contribution in [0.15, 0.2) is 0 Å². The Morgan fingerprint density at radius 1 is 1.18 bits per heavy atom. The van der Waals surface area contributed by atoms with Crippen LogP contribution in [0.4, 0.5) is 4.39 Å². The molecule has 2 fully saturated rings. The van der Waals surface area contributed by atoms with E-state index in [1.54, 1.807) is 0 Å². The number of halogens is 1. The molecule has 0 aromatic heterocycles. The Labute approximate surface area is 67.2 Å². The van der Waals surface area contributed by atoms with Crippen LogP contribution in [0.25, 0.3) is 0 Å². The zero-order valence-electron chi connectivity index (χ0n) is 6.85. The topological polar surface area (TPSA) is 26.0 Å². The summed E-state index contributed by atoms with van der Waals surface area (Å²) in [7, 11) is 0. The predicted molar refractivity (Wildman–Crippen MR) is 43.0 cm³/mol. The molecule has 0 bridgehead atoms. The predicted octanol–water partition coefficient (Wildman–Crippen LogP) is 1.86. The van der Waals surface area contributed by atoms with Crippen molar-refractivity contribution >= 4 is 0 Å². The molecule has 2 aliphatic carbocycles. The fourth-order valence-electron chi connectivity index (χ4n) is 2.12. The van der Waals surface area contributed by atoms with Crippen LogP contribution in [0.2, 0.25) is 0 Å². The van der Waals surface area contributed by atoms with Gasteiger partial charge in [-0.3, -0.25) is 0 Å². The molecule has 0 aliphatic heterocycles. The van der Waals surface area contributed by atoms with E-state index in [1.165, 1.54) is 6.42 Å². The Morgan fingerprint density at radius 3 is 2.00 bits per heavy atom. The second kappa shape index (κ2) is 2.44. The highest BCUT2D eigenvalue weighted by molar-refractivity contribution is 5.02. The van der Waals surface area contributed by atoms with Crippen molar-refractivity contribution in [2.45, 2.75) is 37.8 Å². The molecule has 0 spiro atoms. The normalized spacial score (nSPS) is 31.1. The van der Waals surface area contributed by atoms with Crippen LogP contribution < -0.4 is 5.73 Å². The molecule has 0 amide bonds. The van der Waals surface area contributed by atoms with E-state index in [0.29, 0.717) is 11.8 Å². The van der Waals surface area contributed by atoms with Gasteiger partial charge in [0.15, 0.2) is 0 Å². The molecule has 1 atom stereocenters. The van der Waals surface area contributed by atoms with Gasteiger partial charge in [-0.15, -0.1) is 0 Å². The SMILES string of the molecule is NCC(F)(C1CCC1)C1CC1. The lowest BCUT2D eigenvalue weighted by Gasteiger charge is -2.39. The molecule has 2 aliphatic rings. The monoisotopic (exact) mass is 157 g/mol. The van der Waals surface area contributed by atoms with Crippen LogP contribution in [-0.2, 0) is 0 Å². The van der Waals surface area contributed by atoms with Crippen molar-refractivity contribution in [3.05, 3.63) is 0 Å². The van der Waals surface area contributed by atoms with Crippen LogP contribution in [0, 0.1) is 11.8 Å². The molecule has 0 aromatic rings. The standard InChI is InChI=1S/C9H16FN/c10-9(6-11,8-4-5-8)7-2-1-3-7/h7-8H,1-6,11H2. The van der Waals surface area contributed by atoms with Crippen molar-refractivity contribution in [1.29, 1.82) is 0 Å². The molecule has 0 saturated heterocycles. The van der Waals surface area contributed by atoms with E-state index >= 15 is 0 Å². The van der Waals surface area contributed by atoms with Gasteiger partial charge in [0, 0.05) is 6.54 Å². The summed E-state index contributed by atoms with van der Waals surface area (Å²) in [4.78, 5) is 0. The van der Waals surface area contributed by atoms with Crippen LogP contribution in [0.3, 0.4) is 0 Å². The lowest BCUT2D eigenvalue weighted by atomic mass is 9.71. The Balaban J connectivity index is 2.01. The first kappa shape index (κ1) is 7.53. The zero-order chi connectivity index (χ0) is 7.90. The molecule has 11 heavy (non-hydrogen) atoms. The summed E-state index contributed by atoms with van der Waals surface area (Å²) in [5.41, 5.74) is 4.51. The fourth-order valence-corrected chi connectivity index (χ4v) is 2.12. The molecule has 0 heterocycles. The van der Waals surface area contributed by atoms with Crippen LogP contribution >= 0.6 is 0 Å².